The molecule has 19 heavy (non-hydrogen) atoms. The summed E-state index contributed by atoms with van der Waals surface area (Å²) in [5, 5.41) is 6.10. The highest BCUT2D eigenvalue weighted by Crippen LogP contribution is 2.20. The van der Waals surface area contributed by atoms with Gasteiger partial charge >= 0.3 is 5.52 Å². The molecule has 0 unspecified atom stereocenters. The minimum atomic E-state index is 0.431. The Bertz CT molecular complexity index is 643. The molecule has 0 aliphatic heterocycles. The fourth-order valence-electron chi connectivity index (χ4n) is 2.70. The molecule has 0 bridgehead atoms. The fourth-order valence-corrected chi connectivity index (χ4v) is 2.70. The lowest BCUT2D eigenvalue weighted by atomic mass is 9.96. The van der Waals surface area contributed by atoms with Crippen molar-refractivity contribution in [3.63, 3.8) is 0 Å². The molecule has 2 N–H and O–H groups in total. The van der Waals surface area contributed by atoms with Crippen molar-refractivity contribution in [1.82, 2.24) is 10.1 Å². The second-order valence-corrected chi connectivity index (χ2v) is 5.34. The molecule has 100 valence electrons. The van der Waals surface area contributed by atoms with E-state index in [1.165, 1.54) is 19.3 Å². The molecule has 5 heteroatoms. The summed E-state index contributed by atoms with van der Waals surface area (Å²) in [6.07, 6.45) is 6.12. The van der Waals surface area contributed by atoms with Gasteiger partial charge < -0.3 is 5.32 Å². The third-order valence-electron chi connectivity index (χ3n) is 3.74. The number of aromatic amines is 1. The number of fused-ring (bicyclic) bond motifs is 1. The number of aromatic nitrogens is 3. The lowest BCUT2D eigenvalue weighted by Crippen LogP contribution is -2.28. The van der Waals surface area contributed by atoms with Crippen molar-refractivity contribution in [2.75, 3.05) is 5.32 Å². The number of nitrogens with zero attached hydrogens (tertiary/aromatic N) is 2. The van der Waals surface area contributed by atoms with Crippen molar-refractivity contribution in [1.29, 1.82) is 0 Å². The molecule has 5 nitrogen and oxygen atoms in total. The molecule has 0 spiro atoms. The van der Waals surface area contributed by atoms with Gasteiger partial charge in [-0.15, -0.1) is 0 Å². The van der Waals surface area contributed by atoms with Crippen LogP contribution in [0.1, 0.15) is 37.7 Å². The number of hydrogen-bond acceptors (Lipinski definition) is 3. The van der Waals surface area contributed by atoms with Gasteiger partial charge in [0.1, 0.15) is 5.52 Å². The molecule has 2 aromatic rings. The fraction of sp³-hybridized carbons (Fsp3) is 0.500. The number of rotatable bonds is 2. The van der Waals surface area contributed by atoms with Gasteiger partial charge in [0.2, 0.25) is 0 Å². The molecule has 1 aromatic heterocycles. The number of nitrogens with one attached hydrogen (secondary N) is 2. The lowest BCUT2D eigenvalue weighted by molar-refractivity contribution is -0.535. The van der Waals surface area contributed by atoms with Crippen LogP contribution in [0.3, 0.4) is 0 Å². The van der Waals surface area contributed by atoms with E-state index in [9.17, 15) is 4.91 Å². The second-order valence-electron chi connectivity index (χ2n) is 5.34. The normalized spacial score (nSPS) is 16.7. The maximum atomic E-state index is 12.0. The van der Waals surface area contributed by atoms with E-state index in [1.54, 1.807) is 0 Å². The van der Waals surface area contributed by atoms with E-state index in [0.29, 0.717) is 17.5 Å². The number of anilines is 1. The first kappa shape index (κ1) is 12.1. The minimum absolute atomic E-state index is 0.431. The Hall–Kier alpha value is -1.91. The quantitative estimate of drug-likeness (QED) is 0.815. The lowest BCUT2D eigenvalue weighted by Gasteiger charge is -2.22. The molecule has 3 rings (SSSR count). The van der Waals surface area contributed by atoms with Gasteiger partial charge in [0, 0.05) is 12.1 Å². The summed E-state index contributed by atoms with van der Waals surface area (Å²) in [5.41, 5.74) is 2.35. The van der Waals surface area contributed by atoms with Crippen LogP contribution in [-0.4, -0.2) is 16.1 Å². The van der Waals surface area contributed by atoms with Crippen LogP contribution >= 0.6 is 0 Å². The number of H-pyrrole nitrogens is 1. The van der Waals surface area contributed by atoms with Crippen LogP contribution < -0.4 is 9.86 Å². The maximum absolute atomic E-state index is 12.0. The van der Waals surface area contributed by atoms with E-state index in [2.05, 4.69) is 15.4 Å². The molecule has 1 heterocycles. The topological polar surface area (TPSA) is 63.7 Å². The average Bonchev–Trinajstić information content (AvgIpc) is 2.41. The summed E-state index contributed by atoms with van der Waals surface area (Å²) >= 11 is 0. The van der Waals surface area contributed by atoms with Crippen LogP contribution in [-0.2, 0) is 0 Å². The van der Waals surface area contributed by atoms with E-state index in [0.717, 1.165) is 28.5 Å². The molecule has 0 atom stereocenters. The largest absolute Gasteiger partial charge is 0.349 e. The predicted octanol–water partition coefficient (Wildman–Crippen LogP) is 2.53. The molecule has 1 fully saturated rings. The maximum Gasteiger partial charge on any atom is 0.318 e. The Balaban J connectivity index is 1.92. The summed E-state index contributed by atoms with van der Waals surface area (Å²) in [6, 6.07) is 6.13. The third-order valence-corrected chi connectivity index (χ3v) is 3.74. The number of hydrogen-bond donors (Lipinski definition) is 2. The second kappa shape index (κ2) is 4.99. The van der Waals surface area contributed by atoms with Gasteiger partial charge in [0.05, 0.1) is 4.91 Å². The Morgan fingerprint density at radius 3 is 2.89 bits per heavy atom. The van der Waals surface area contributed by atoms with Gasteiger partial charge in [-0.3, -0.25) is 0 Å². The number of aryl methyl sites for hydroxylation is 1. The van der Waals surface area contributed by atoms with Crippen molar-refractivity contribution in [3.05, 3.63) is 28.7 Å². The standard InChI is InChI=1S/C14H19N4O/c1-10-7-8-12-13(9-10)18(19)17-14(16-12)15-11-5-3-2-4-6-11/h7-9,11H,2-6H2,1H3,(H2,15,16,17,19)/q+1. The van der Waals surface area contributed by atoms with E-state index < -0.39 is 0 Å². The van der Waals surface area contributed by atoms with E-state index in [1.807, 2.05) is 25.1 Å². The minimum Gasteiger partial charge on any atom is -0.349 e. The number of benzene rings is 1. The molecule has 0 radical (unpaired) electrons. The third kappa shape index (κ3) is 2.59. The van der Waals surface area contributed by atoms with E-state index in [4.69, 9.17) is 0 Å². The van der Waals surface area contributed by atoms with E-state index >= 15 is 0 Å². The summed E-state index contributed by atoms with van der Waals surface area (Å²) in [5.74, 6) is 0.568. The highest BCUT2D eigenvalue weighted by Gasteiger charge is 2.17. The first-order valence-corrected chi connectivity index (χ1v) is 6.92. The first-order chi connectivity index (χ1) is 9.22. The predicted molar refractivity (Wildman–Crippen MR) is 74.7 cm³/mol. The van der Waals surface area contributed by atoms with Crippen LogP contribution in [0.2, 0.25) is 0 Å². The van der Waals surface area contributed by atoms with Crippen LogP contribution in [0.15, 0.2) is 18.2 Å². The molecule has 1 aromatic carbocycles. The average molecular weight is 259 g/mol. The van der Waals surface area contributed by atoms with Gasteiger partial charge in [-0.2, -0.15) is 0 Å². The molecule has 0 amide bonds. The van der Waals surface area contributed by atoms with Crippen LogP contribution in [0.25, 0.3) is 11.0 Å². The molecule has 1 saturated carbocycles. The molecule has 0 saturated heterocycles. The summed E-state index contributed by atoms with van der Waals surface area (Å²) in [6.45, 7) is 1.97. The smallest absolute Gasteiger partial charge is 0.318 e. The van der Waals surface area contributed by atoms with Gasteiger partial charge in [-0.1, -0.05) is 30.4 Å². The zero-order valence-electron chi connectivity index (χ0n) is 11.1. The van der Waals surface area contributed by atoms with E-state index in [-0.39, 0.29) is 0 Å². The van der Waals surface area contributed by atoms with Crippen LogP contribution in [0.4, 0.5) is 5.95 Å². The van der Waals surface area contributed by atoms with Crippen molar-refractivity contribution in [3.8, 4) is 0 Å². The van der Waals surface area contributed by atoms with Gasteiger partial charge in [0.25, 0.3) is 5.95 Å². The first-order valence-electron chi connectivity index (χ1n) is 6.92. The Labute approximate surface area is 111 Å². The summed E-state index contributed by atoms with van der Waals surface area (Å²) in [7, 11) is 0. The molecular formula is C14H19N4O+. The highest BCUT2D eigenvalue weighted by atomic mass is 16.3. The Morgan fingerprint density at radius 1 is 1.32 bits per heavy atom. The molecule has 1 aliphatic rings. The molecule has 1 aliphatic carbocycles. The van der Waals surface area contributed by atoms with Crippen LogP contribution in [0.5, 0.6) is 0 Å². The monoisotopic (exact) mass is 259 g/mol. The zero-order valence-corrected chi connectivity index (χ0v) is 11.1. The zero-order chi connectivity index (χ0) is 13.2. The Morgan fingerprint density at radius 2 is 2.11 bits per heavy atom. The summed E-state index contributed by atoms with van der Waals surface area (Å²) in [4.78, 5) is 16.5. The SMILES string of the molecule is Cc1ccc2nc(NC3CCCCC3)[nH][n+](=O)c2c1. The van der Waals surface area contributed by atoms with Crippen molar-refractivity contribution < 1.29 is 4.54 Å². The van der Waals surface area contributed by atoms with Gasteiger partial charge in [0.15, 0.2) is 4.54 Å². The Kier molecular flexibility index (Phi) is 3.19. The highest BCUT2D eigenvalue weighted by molar-refractivity contribution is 5.72. The molecular weight excluding hydrogens is 240 g/mol. The van der Waals surface area contributed by atoms with Gasteiger partial charge in [-0.25, -0.2) is 4.98 Å². The van der Waals surface area contributed by atoms with Crippen LogP contribution in [0, 0.1) is 11.8 Å². The van der Waals surface area contributed by atoms with Gasteiger partial charge in [-0.05, 0) is 31.4 Å². The van der Waals surface area contributed by atoms with Crippen molar-refractivity contribution >= 4 is 17.0 Å². The van der Waals surface area contributed by atoms with Crippen molar-refractivity contribution in [2.45, 2.75) is 45.1 Å². The summed E-state index contributed by atoms with van der Waals surface area (Å²) < 4.78 is 0.792. The van der Waals surface area contributed by atoms with Crippen molar-refractivity contribution in [2.24, 2.45) is 0 Å².